The Morgan fingerprint density at radius 3 is 2.33 bits per heavy atom. The zero-order valence-electron chi connectivity index (χ0n) is 9.03. The zero-order valence-corrected chi connectivity index (χ0v) is 9.85. The van der Waals surface area contributed by atoms with Crippen molar-refractivity contribution in [2.24, 2.45) is 0 Å². The van der Waals surface area contributed by atoms with Crippen molar-refractivity contribution in [3.05, 3.63) is 0 Å². The number of hydrogen-bond acceptors (Lipinski definition) is 5. The molecule has 0 aliphatic rings. The van der Waals surface area contributed by atoms with Gasteiger partial charge in [-0.1, -0.05) is 11.8 Å². The Bertz CT molecular complexity index is 254. The predicted molar refractivity (Wildman–Crippen MR) is 57.4 cm³/mol. The molecule has 0 spiro atoms. The lowest BCUT2D eigenvalue weighted by molar-refractivity contribution is -0.146. The molecule has 0 aromatic rings. The summed E-state index contributed by atoms with van der Waals surface area (Å²) in [5.41, 5.74) is 0. The van der Waals surface area contributed by atoms with Crippen molar-refractivity contribution in [2.45, 2.75) is 26.8 Å². The standard InChI is InChI=1S/C9H15NO4S/c1-4-14-9(13)8(10-6(2)11)5-15-7(3)12/h8H,4-5H2,1-3H3,(H,10,11)/t8-/m1/s1. The van der Waals surface area contributed by atoms with E-state index in [4.69, 9.17) is 4.74 Å². The molecular weight excluding hydrogens is 218 g/mol. The molecule has 6 heteroatoms. The maximum atomic E-state index is 11.3. The minimum Gasteiger partial charge on any atom is -0.464 e. The second-order valence-corrected chi connectivity index (χ2v) is 4.00. The summed E-state index contributed by atoms with van der Waals surface area (Å²) >= 11 is 0.981. The van der Waals surface area contributed by atoms with Gasteiger partial charge in [0.1, 0.15) is 6.04 Å². The molecule has 0 rings (SSSR count). The summed E-state index contributed by atoms with van der Waals surface area (Å²) in [7, 11) is 0. The molecule has 0 aliphatic carbocycles. The number of nitrogens with one attached hydrogen (secondary N) is 1. The summed E-state index contributed by atoms with van der Waals surface area (Å²) in [4.78, 5) is 32.8. The summed E-state index contributed by atoms with van der Waals surface area (Å²) in [5, 5.41) is 2.33. The van der Waals surface area contributed by atoms with Gasteiger partial charge in [0.2, 0.25) is 5.91 Å². The van der Waals surface area contributed by atoms with Crippen LogP contribution in [0.25, 0.3) is 0 Å². The summed E-state index contributed by atoms with van der Waals surface area (Å²) in [6.07, 6.45) is 0. The van der Waals surface area contributed by atoms with E-state index < -0.39 is 12.0 Å². The minimum absolute atomic E-state index is 0.102. The third-order valence-electron chi connectivity index (χ3n) is 1.40. The molecule has 0 aromatic carbocycles. The normalized spacial score (nSPS) is 11.7. The van der Waals surface area contributed by atoms with Crippen LogP contribution in [0.4, 0.5) is 0 Å². The second-order valence-electron chi connectivity index (χ2n) is 2.81. The van der Waals surface area contributed by atoms with Crippen molar-refractivity contribution < 1.29 is 19.1 Å². The van der Waals surface area contributed by atoms with Crippen LogP contribution >= 0.6 is 11.8 Å². The molecule has 15 heavy (non-hydrogen) atoms. The molecule has 0 unspecified atom stereocenters. The summed E-state index contributed by atoms with van der Waals surface area (Å²) in [6, 6.07) is -0.753. The van der Waals surface area contributed by atoms with E-state index in [1.165, 1.54) is 13.8 Å². The van der Waals surface area contributed by atoms with E-state index in [1.54, 1.807) is 6.92 Å². The molecule has 1 amide bonds. The van der Waals surface area contributed by atoms with Crippen molar-refractivity contribution in [3.8, 4) is 0 Å². The first-order valence-corrected chi connectivity index (χ1v) is 5.53. The smallest absolute Gasteiger partial charge is 0.329 e. The number of carbonyl (C=O) groups excluding carboxylic acids is 3. The number of rotatable bonds is 5. The van der Waals surface area contributed by atoms with Gasteiger partial charge in [-0.25, -0.2) is 4.79 Å². The molecule has 5 nitrogen and oxygen atoms in total. The van der Waals surface area contributed by atoms with E-state index in [2.05, 4.69) is 5.32 Å². The number of carbonyl (C=O) groups is 3. The largest absolute Gasteiger partial charge is 0.464 e. The van der Waals surface area contributed by atoms with E-state index in [-0.39, 0.29) is 23.4 Å². The van der Waals surface area contributed by atoms with Gasteiger partial charge in [-0.05, 0) is 6.92 Å². The Morgan fingerprint density at radius 2 is 1.93 bits per heavy atom. The lowest BCUT2D eigenvalue weighted by Gasteiger charge is -2.14. The molecule has 0 saturated carbocycles. The highest BCUT2D eigenvalue weighted by atomic mass is 32.2. The highest BCUT2D eigenvalue weighted by molar-refractivity contribution is 8.13. The first kappa shape index (κ1) is 14.0. The molecule has 0 heterocycles. The number of hydrogen-bond donors (Lipinski definition) is 1. The van der Waals surface area contributed by atoms with Crippen LogP contribution in [0.5, 0.6) is 0 Å². The Labute approximate surface area is 92.9 Å². The van der Waals surface area contributed by atoms with Gasteiger partial charge >= 0.3 is 5.97 Å². The van der Waals surface area contributed by atoms with Crippen LogP contribution in [0.1, 0.15) is 20.8 Å². The first-order chi connectivity index (χ1) is 6.97. The lowest BCUT2D eigenvalue weighted by Crippen LogP contribution is -2.42. The Balaban J connectivity index is 4.23. The third-order valence-corrected chi connectivity index (χ3v) is 2.31. The fourth-order valence-electron chi connectivity index (χ4n) is 0.858. The fraction of sp³-hybridized carbons (Fsp3) is 0.667. The van der Waals surface area contributed by atoms with Crippen molar-refractivity contribution in [2.75, 3.05) is 12.4 Å². The van der Waals surface area contributed by atoms with Crippen molar-refractivity contribution in [1.29, 1.82) is 0 Å². The Hall–Kier alpha value is -1.04. The van der Waals surface area contributed by atoms with E-state index >= 15 is 0 Å². The van der Waals surface area contributed by atoms with Gasteiger partial charge in [0.15, 0.2) is 5.12 Å². The average molecular weight is 233 g/mol. The minimum atomic E-state index is -0.753. The predicted octanol–water partition coefficient (Wildman–Crippen LogP) is 0.334. The lowest BCUT2D eigenvalue weighted by atomic mass is 10.3. The van der Waals surface area contributed by atoms with E-state index in [0.29, 0.717) is 0 Å². The van der Waals surface area contributed by atoms with Gasteiger partial charge in [0, 0.05) is 19.6 Å². The maximum absolute atomic E-state index is 11.3. The SMILES string of the molecule is CCOC(=O)[C@@H](CSC(C)=O)NC(C)=O. The maximum Gasteiger partial charge on any atom is 0.329 e. The average Bonchev–Trinajstić information content (AvgIpc) is 2.11. The van der Waals surface area contributed by atoms with Crippen molar-refractivity contribution in [1.82, 2.24) is 5.32 Å². The van der Waals surface area contributed by atoms with Crippen molar-refractivity contribution in [3.63, 3.8) is 0 Å². The summed E-state index contributed by atoms with van der Waals surface area (Å²) in [6.45, 7) is 4.64. The quantitative estimate of drug-likeness (QED) is 0.693. The number of thioether (sulfide) groups is 1. The van der Waals surface area contributed by atoms with Gasteiger partial charge in [-0.2, -0.15) is 0 Å². The number of esters is 1. The van der Waals surface area contributed by atoms with Crippen LogP contribution in [-0.4, -0.2) is 35.4 Å². The molecule has 0 aliphatic heterocycles. The van der Waals surface area contributed by atoms with E-state index in [0.717, 1.165) is 11.8 Å². The van der Waals surface area contributed by atoms with Crippen molar-refractivity contribution >= 4 is 28.8 Å². The number of amides is 1. The zero-order chi connectivity index (χ0) is 11.8. The molecule has 1 atom stereocenters. The van der Waals surface area contributed by atoms with Crippen LogP contribution < -0.4 is 5.32 Å². The third kappa shape index (κ3) is 6.96. The van der Waals surface area contributed by atoms with Gasteiger partial charge in [-0.15, -0.1) is 0 Å². The van der Waals surface area contributed by atoms with Crippen LogP contribution in [0, 0.1) is 0 Å². The highest BCUT2D eigenvalue weighted by Gasteiger charge is 2.21. The topological polar surface area (TPSA) is 72.5 Å². The van der Waals surface area contributed by atoms with Crippen LogP contribution in [0.3, 0.4) is 0 Å². The van der Waals surface area contributed by atoms with E-state index in [9.17, 15) is 14.4 Å². The second kappa shape index (κ2) is 7.28. The fourth-order valence-corrected chi connectivity index (χ4v) is 1.48. The molecule has 0 aromatic heterocycles. The highest BCUT2D eigenvalue weighted by Crippen LogP contribution is 2.05. The van der Waals surface area contributed by atoms with Crippen LogP contribution in [0.2, 0.25) is 0 Å². The van der Waals surface area contributed by atoms with Crippen LogP contribution in [-0.2, 0) is 19.1 Å². The first-order valence-electron chi connectivity index (χ1n) is 4.54. The van der Waals surface area contributed by atoms with Gasteiger partial charge in [-0.3, -0.25) is 9.59 Å². The molecule has 0 bridgehead atoms. The van der Waals surface area contributed by atoms with Gasteiger partial charge in [0.05, 0.1) is 6.61 Å². The Kier molecular flexibility index (Phi) is 6.77. The molecule has 1 N–H and O–H groups in total. The molecule has 86 valence electrons. The number of ether oxygens (including phenoxy) is 1. The summed E-state index contributed by atoms with van der Waals surface area (Å²) < 4.78 is 4.76. The van der Waals surface area contributed by atoms with Gasteiger partial charge in [0.25, 0.3) is 0 Å². The van der Waals surface area contributed by atoms with Gasteiger partial charge < -0.3 is 10.1 Å². The molecule has 0 radical (unpaired) electrons. The van der Waals surface area contributed by atoms with Crippen LogP contribution in [0.15, 0.2) is 0 Å². The molecule has 0 fully saturated rings. The Morgan fingerprint density at radius 1 is 1.33 bits per heavy atom. The molecular formula is C9H15NO4S. The van der Waals surface area contributed by atoms with E-state index in [1.807, 2.05) is 0 Å². The summed E-state index contributed by atoms with van der Waals surface area (Å²) in [5.74, 6) is -0.632. The molecule has 0 saturated heterocycles. The monoisotopic (exact) mass is 233 g/mol.